The lowest BCUT2D eigenvalue weighted by atomic mass is 9.89. The Bertz CT molecular complexity index is 413. The lowest BCUT2D eigenvalue weighted by Gasteiger charge is -2.21. The lowest BCUT2D eigenvalue weighted by molar-refractivity contribution is 0.0603. The second-order valence-electron chi connectivity index (χ2n) is 4.65. The van der Waals surface area contributed by atoms with Crippen molar-refractivity contribution in [2.45, 2.75) is 32.1 Å². The third-order valence-corrected chi connectivity index (χ3v) is 4.20. The fourth-order valence-electron chi connectivity index (χ4n) is 2.35. The molecule has 1 fully saturated rings. The van der Waals surface area contributed by atoms with E-state index in [1.165, 1.54) is 50.7 Å². The van der Waals surface area contributed by atoms with Crippen LogP contribution >= 0.6 is 11.5 Å². The summed E-state index contributed by atoms with van der Waals surface area (Å²) in [5, 5.41) is 4.02. The number of anilines is 2. The molecule has 18 heavy (non-hydrogen) atoms. The van der Waals surface area contributed by atoms with Gasteiger partial charge in [-0.25, -0.2) is 4.79 Å². The molecule has 0 bridgehead atoms. The zero-order valence-corrected chi connectivity index (χ0v) is 11.4. The van der Waals surface area contributed by atoms with E-state index < -0.39 is 5.97 Å². The molecule has 1 saturated carbocycles. The fourth-order valence-corrected chi connectivity index (χ4v) is 3.06. The summed E-state index contributed by atoms with van der Waals surface area (Å²) in [5.74, 6) is 0.512. The van der Waals surface area contributed by atoms with Crippen LogP contribution in [0.4, 0.5) is 10.8 Å². The summed E-state index contributed by atoms with van der Waals surface area (Å²) in [7, 11) is 1.35. The Morgan fingerprint density at radius 2 is 2.22 bits per heavy atom. The van der Waals surface area contributed by atoms with Gasteiger partial charge < -0.3 is 15.8 Å². The van der Waals surface area contributed by atoms with E-state index in [2.05, 4.69) is 9.69 Å². The number of carbonyl (C=O) groups excluding carboxylic acids is 1. The normalized spacial score (nSPS) is 16.5. The predicted octanol–water partition coefficient (Wildman–Crippen LogP) is 2.50. The number of ether oxygens (including phenoxy) is 1. The van der Waals surface area contributed by atoms with Crippen LogP contribution in [0.5, 0.6) is 0 Å². The average Bonchev–Trinajstić information content (AvgIpc) is 2.78. The quantitative estimate of drug-likeness (QED) is 0.821. The molecule has 1 aliphatic rings. The van der Waals surface area contributed by atoms with Gasteiger partial charge in [-0.2, -0.15) is 4.37 Å². The molecule has 1 heterocycles. The van der Waals surface area contributed by atoms with Crippen molar-refractivity contribution in [1.82, 2.24) is 4.37 Å². The second kappa shape index (κ2) is 6.04. The van der Waals surface area contributed by atoms with E-state index in [1.54, 1.807) is 0 Å². The lowest BCUT2D eigenvalue weighted by Crippen LogP contribution is -2.18. The molecule has 0 radical (unpaired) electrons. The highest BCUT2D eigenvalue weighted by molar-refractivity contribution is 7.11. The molecule has 0 saturated heterocycles. The van der Waals surface area contributed by atoms with E-state index in [0.717, 1.165) is 11.5 Å². The number of aromatic nitrogens is 1. The minimum atomic E-state index is -0.424. The number of nitrogens with two attached hydrogens (primary N) is 1. The molecule has 0 spiro atoms. The van der Waals surface area contributed by atoms with Gasteiger partial charge in [0.25, 0.3) is 0 Å². The van der Waals surface area contributed by atoms with Gasteiger partial charge in [-0.3, -0.25) is 0 Å². The fraction of sp³-hybridized carbons (Fsp3) is 0.667. The zero-order chi connectivity index (χ0) is 13.0. The Hall–Kier alpha value is -1.30. The van der Waals surface area contributed by atoms with Crippen LogP contribution in [0.3, 0.4) is 0 Å². The van der Waals surface area contributed by atoms with Crippen LogP contribution in [-0.2, 0) is 4.74 Å². The van der Waals surface area contributed by atoms with Gasteiger partial charge in [-0.15, -0.1) is 0 Å². The first kappa shape index (κ1) is 13.1. The first-order valence-electron chi connectivity index (χ1n) is 6.29. The monoisotopic (exact) mass is 269 g/mol. The molecule has 100 valence electrons. The Morgan fingerprint density at radius 3 is 2.89 bits per heavy atom. The highest BCUT2D eigenvalue weighted by Gasteiger charge is 2.21. The topological polar surface area (TPSA) is 77.2 Å². The first-order chi connectivity index (χ1) is 8.72. The molecular formula is C12H19N3O2S. The Balaban J connectivity index is 1.98. The third kappa shape index (κ3) is 2.93. The number of hydrogen-bond donors (Lipinski definition) is 2. The molecule has 0 atom stereocenters. The van der Waals surface area contributed by atoms with Crippen LogP contribution in [0.2, 0.25) is 0 Å². The maximum atomic E-state index is 11.6. The van der Waals surface area contributed by atoms with Crippen molar-refractivity contribution in [3.05, 3.63) is 5.56 Å². The SMILES string of the molecule is COC(=O)c1c(N)nsc1NCC1CCCCC1. The molecule has 1 aromatic heterocycles. The Morgan fingerprint density at radius 1 is 1.50 bits per heavy atom. The Labute approximate surface area is 111 Å². The van der Waals surface area contributed by atoms with E-state index in [4.69, 9.17) is 10.5 Å². The molecular weight excluding hydrogens is 250 g/mol. The van der Waals surface area contributed by atoms with E-state index in [-0.39, 0.29) is 5.82 Å². The molecule has 2 rings (SSSR count). The number of rotatable bonds is 4. The number of nitrogens with one attached hydrogen (secondary N) is 1. The molecule has 0 unspecified atom stereocenters. The molecule has 1 aromatic rings. The second-order valence-corrected chi connectivity index (χ2v) is 5.42. The predicted molar refractivity (Wildman–Crippen MR) is 72.9 cm³/mol. The maximum Gasteiger partial charge on any atom is 0.344 e. The number of esters is 1. The molecule has 6 heteroatoms. The average molecular weight is 269 g/mol. The largest absolute Gasteiger partial charge is 0.465 e. The van der Waals surface area contributed by atoms with E-state index in [0.29, 0.717) is 11.5 Å². The van der Waals surface area contributed by atoms with Crippen LogP contribution in [0, 0.1) is 5.92 Å². The summed E-state index contributed by atoms with van der Waals surface area (Å²) < 4.78 is 8.72. The van der Waals surface area contributed by atoms with Crippen molar-refractivity contribution in [3.8, 4) is 0 Å². The minimum absolute atomic E-state index is 0.248. The van der Waals surface area contributed by atoms with Gasteiger partial charge in [0.05, 0.1) is 7.11 Å². The van der Waals surface area contributed by atoms with Gasteiger partial charge in [0.2, 0.25) is 0 Å². The highest BCUT2D eigenvalue weighted by Crippen LogP contribution is 2.29. The van der Waals surface area contributed by atoms with Crippen molar-refractivity contribution in [1.29, 1.82) is 0 Å². The van der Waals surface area contributed by atoms with Gasteiger partial charge >= 0.3 is 5.97 Å². The summed E-state index contributed by atoms with van der Waals surface area (Å²) in [5.41, 5.74) is 6.06. The van der Waals surface area contributed by atoms with Crippen molar-refractivity contribution in [2.75, 3.05) is 24.7 Å². The number of nitrogen functional groups attached to an aromatic ring is 1. The minimum Gasteiger partial charge on any atom is -0.465 e. The van der Waals surface area contributed by atoms with Crippen LogP contribution in [-0.4, -0.2) is 24.0 Å². The van der Waals surface area contributed by atoms with Crippen molar-refractivity contribution in [2.24, 2.45) is 5.92 Å². The molecule has 1 aliphatic carbocycles. The third-order valence-electron chi connectivity index (χ3n) is 3.38. The maximum absolute atomic E-state index is 11.6. The summed E-state index contributed by atoms with van der Waals surface area (Å²) in [6, 6.07) is 0. The number of carbonyl (C=O) groups is 1. The van der Waals surface area contributed by atoms with Crippen LogP contribution in [0.25, 0.3) is 0 Å². The van der Waals surface area contributed by atoms with E-state index in [1.807, 2.05) is 0 Å². The van der Waals surface area contributed by atoms with Crippen LogP contribution < -0.4 is 11.1 Å². The van der Waals surface area contributed by atoms with E-state index >= 15 is 0 Å². The molecule has 0 aromatic carbocycles. The summed E-state index contributed by atoms with van der Waals surface area (Å²) in [6.45, 7) is 0.881. The number of nitrogens with zero attached hydrogens (tertiary/aromatic N) is 1. The van der Waals surface area contributed by atoms with Gasteiger partial charge in [0.15, 0.2) is 5.82 Å². The van der Waals surface area contributed by atoms with Gasteiger partial charge in [-0.05, 0) is 30.3 Å². The molecule has 0 amide bonds. The standard InChI is InChI=1S/C12H19N3O2S/c1-17-12(16)9-10(13)15-18-11(9)14-7-8-5-3-2-4-6-8/h8,14H,2-7H2,1H3,(H2,13,15). The summed E-state index contributed by atoms with van der Waals surface area (Å²) >= 11 is 1.22. The Kier molecular flexibility index (Phi) is 4.41. The molecule has 5 nitrogen and oxygen atoms in total. The van der Waals surface area contributed by atoms with Gasteiger partial charge in [0.1, 0.15) is 10.6 Å². The number of methoxy groups -OCH3 is 1. The zero-order valence-electron chi connectivity index (χ0n) is 10.6. The highest BCUT2D eigenvalue weighted by atomic mass is 32.1. The molecule has 3 N–H and O–H groups in total. The summed E-state index contributed by atoms with van der Waals surface area (Å²) in [6.07, 6.45) is 6.48. The van der Waals surface area contributed by atoms with Crippen molar-refractivity contribution in [3.63, 3.8) is 0 Å². The van der Waals surface area contributed by atoms with Crippen LogP contribution in [0.1, 0.15) is 42.5 Å². The summed E-state index contributed by atoms with van der Waals surface area (Å²) in [4.78, 5) is 11.6. The van der Waals surface area contributed by atoms with Crippen molar-refractivity contribution >= 4 is 28.3 Å². The number of hydrogen-bond acceptors (Lipinski definition) is 6. The van der Waals surface area contributed by atoms with Crippen LogP contribution in [0.15, 0.2) is 0 Å². The van der Waals surface area contributed by atoms with Gasteiger partial charge in [0, 0.05) is 6.54 Å². The molecule has 0 aliphatic heterocycles. The first-order valence-corrected chi connectivity index (χ1v) is 7.07. The van der Waals surface area contributed by atoms with Gasteiger partial charge in [-0.1, -0.05) is 19.3 Å². The van der Waals surface area contributed by atoms with Crippen molar-refractivity contribution < 1.29 is 9.53 Å². The smallest absolute Gasteiger partial charge is 0.344 e. The van der Waals surface area contributed by atoms with E-state index in [9.17, 15) is 4.79 Å².